The Hall–Kier alpha value is -1.16. The summed E-state index contributed by atoms with van der Waals surface area (Å²) in [5.41, 5.74) is 7.79. The number of hydrogen-bond donors (Lipinski definition) is 2. The van der Waals surface area contributed by atoms with Crippen LogP contribution in [-0.2, 0) is 0 Å². The van der Waals surface area contributed by atoms with Crippen LogP contribution in [0.2, 0.25) is 0 Å². The van der Waals surface area contributed by atoms with Crippen molar-refractivity contribution in [2.75, 3.05) is 0 Å². The average molecular weight is 305 g/mol. The van der Waals surface area contributed by atoms with E-state index in [4.69, 9.17) is 5.84 Å². The summed E-state index contributed by atoms with van der Waals surface area (Å²) >= 11 is 3.52. The molecule has 0 fully saturated rings. The van der Waals surface area contributed by atoms with Crippen molar-refractivity contribution in [1.29, 1.82) is 0 Å². The summed E-state index contributed by atoms with van der Waals surface area (Å²) in [6.07, 6.45) is 0. The molecule has 3 heteroatoms. The highest BCUT2D eigenvalue weighted by Gasteiger charge is 2.16. The second kappa shape index (κ2) is 5.65. The SMILES string of the molecule is Cc1ccccc1C(NN)c1cc(Br)ccc1C. The molecule has 2 nitrogen and oxygen atoms in total. The van der Waals surface area contributed by atoms with Crippen molar-refractivity contribution >= 4 is 15.9 Å². The van der Waals surface area contributed by atoms with Crippen molar-refractivity contribution in [2.45, 2.75) is 19.9 Å². The first kappa shape index (κ1) is 13.3. The number of aryl methyl sites for hydroxylation is 2. The van der Waals surface area contributed by atoms with Crippen LogP contribution in [0.25, 0.3) is 0 Å². The molecule has 0 amide bonds. The van der Waals surface area contributed by atoms with Crippen LogP contribution in [0.4, 0.5) is 0 Å². The third-order valence-electron chi connectivity index (χ3n) is 3.22. The Morgan fingerprint density at radius 3 is 2.33 bits per heavy atom. The Morgan fingerprint density at radius 2 is 1.67 bits per heavy atom. The zero-order valence-electron chi connectivity index (χ0n) is 10.6. The molecule has 1 atom stereocenters. The molecule has 1 unspecified atom stereocenters. The van der Waals surface area contributed by atoms with Gasteiger partial charge in [-0.2, -0.15) is 0 Å². The molecule has 0 heterocycles. The monoisotopic (exact) mass is 304 g/mol. The maximum absolute atomic E-state index is 5.76. The second-order valence-electron chi connectivity index (χ2n) is 4.46. The van der Waals surface area contributed by atoms with Gasteiger partial charge in [0.2, 0.25) is 0 Å². The topological polar surface area (TPSA) is 38.0 Å². The van der Waals surface area contributed by atoms with E-state index in [-0.39, 0.29) is 6.04 Å². The summed E-state index contributed by atoms with van der Waals surface area (Å²) in [6.45, 7) is 4.21. The van der Waals surface area contributed by atoms with Crippen molar-refractivity contribution < 1.29 is 0 Å². The first-order valence-corrected chi connectivity index (χ1v) is 6.70. The van der Waals surface area contributed by atoms with E-state index in [0.717, 1.165) is 4.47 Å². The van der Waals surface area contributed by atoms with E-state index in [2.05, 4.69) is 59.5 Å². The molecule has 18 heavy (non-hydrogen) atoms. The lowest BCUT2D eigenvalue weighted by Gasteiger charge is -2.21. The normalized spacial score (nSPS) is 12.4. The molecule has 3 N–H and O–H groups in total. The van der Waals surface area contributed by atoms with Gasteiger partial charge in [-0.05, 0) is 48.2 Å². The summed E-state index contributed by atoms with van der Waals surface area (Å²) in [4.78, 5) is 0. The van der Waals surface area contributed by atoms with Gasteiger partial charge in [0.05, 0.1) is 6.04 Å². The number of nitrogens with two attached hydrogens (primary N) is 1. The Bertz CT molecular complexity index is 552. The van der Waals surface area contributed by atoms with E-state index >= 15 is 0 Å². The predicted octanol–water partition coefficient (Wildman–Crippen LogP) is 3.62. The lowest BCUT2D eigenvalue weighted by molar-refractivity contribution is 0.630. The zero-order chi connectivity index (χ0) is 13.1. The molecule has 0 aromatic heterocycles. The highest BCUT2D eigenvalue weighted by Crippen LogP contribution is 2.28. The van der Waals surface area contributed by atoms with Crippen LogP contribution in [0.5, 0.6) is 0 Å². The number of hydrogen-bond acceptors (Lipinski definition) is 2. The van der Waals surface area contributed by atoms with Gasteiger partial charge in [0.1, 0.15) is 0 Å². The fourth-order valence-electron chi connectivity index (χ4n) is 2.18. The highest BCUT2D eigenvalue weighted by atomic mass is 79.9. The van der Waals surface area contributed by atoms with Crippen molar-refractivity contribution in [3.05, 3.63) is 69.2 Å². The van der Waals surface area contributed by atoms with E-state index in [9.17, 15) is 0 Å². The maximum Gasteiger partial charge on any atom is 0.0715 e. The molecule has 0 aliphatic carbocycles. The second-order valence-corrected chi connectivity index (χ2v) is 5.37. The lowest BCUT2D eigenvalue weighted by atomic mass is 9.93. The maximum atomic E-state index is 5.76. The molecule has 2 aromatic carbocycles. The lowest BCUT2D eigenvalue weighted by Crippen LogP contribution is -2.29. The molecule has 2 rings (SSSR count). The Balaban J connectivity index is 2.52. The quantitative estimate of drug-likeness (QED) is 0.671. The van der Waals surface area contributed by atoms with Crippen molar-refractivity contribution in [2.24, 2.45) is 5.84 Å². The van der Waals surface area contributed by atoms with Gasteiger partial charge in [-0.25, -0.2) is 5.43 Å². The smallest absolute Gasteiger partial charge is 0.0715 e. The van der Waals surface area contributed by atoms with E-state index < -0.39 is 0 Å². The molecule has 0 radical (unpaired) electrons. The van der Waals surface area contributed by atoms with E-state index in [1.54, 1.807) is 0 Å². The van der Waals surface area contributed by atoms with Gasteiger partial charge in [0.25, 0.3) is 0 Å². The minimum absolute atomic E-state index is 0.0173. The van der Waals surface area contributed by atoms with E-state index in [1.807, 2.05) is 18.2 Å². The Labute approximate surface area is 116 Å². The fourth-order valence-corrected chi connectivity index (χ4v) is 2.56. The van der Waals surface area contributed by atoms with Crippen LogP contribution in [0, 0.1) is 13.8 Å². The minimum atomic E-state index is 0.0173. The molecule has 0 spiro atoms. The van der Waals surface area contributed by atoms with Crippen LogP contribution < -0.4 is 11.3 Å². The van der Waals surface area contributed by atoms with Gasteiger partial charge >= 0.3 is 0 Å². The highest BCUT2D eigenvalue weighted by molar-refractivity contribution is 9.10. The summed E-state index contributed by atoms with van der Waals surface area (Å²) in [7, 11) is 0. The van der Waals surface area contributed by atoms with E-state index in [0.29, 0.717) is 0 Å². The molecule has 94 valence electrons. The molecular formula is C15H17BrN2. The van der Waals surface area contributed by atoms with Crippen molar-refractivity contribution in [3.8, 4) is 0 Å². The summed E-state index contributed by atoms with van der Waals surface area (Å²) < 4.78 is 1.07. The molecule has 0 saturated heterocycles. The third kappa shape index (κ3) is 2.64. The van der Waals surface area contributed by atoms with Crippen LogP contribution in [0.1, 0.15) is 28.3 Å². The number of rotatable bonds is 3. The number of benzene rings is 2. The fraction of sp³-hybridized carbons (Fsp3) is 0.200. The minimum Gasteiger partial charge on any atom is -0.271 e. The standard InChI is InChI=1S/C15H17BrN2/c1-10-5-3-4-6-13(10)15(18-17)14-9-12(16)8-7-11(14)2/h3-9,15,18H,17H2,1-2H3. The van der Waals surface area contributed by atoms with E-state index in [1.165, 1.54) is 22.3 Å². The van der Waals surface area contributed by atoms with Gasteiger partial charge in [0, 0.05) is 4.47 Å². The number of nitrogens with one attached hydrogen (secondary N) is 1. The Kier molecular flexibility index (Phi) is 4.17. The average Bonchev–Trinajstić information content (AvgIpc) is 2.36. The molecule has 0 saturated carbocycles. The molecule has 0 aliphatic heterocycles. The Morgan fingerprint density at radius 1 is 1.00 bits per heavy atom. The van der Waals surface area contributed by atoms with Gasteiger partial charge in [-0.3, -0.25) is 5.84 Å². The van der Waals surface area contributed by atoms with Crippen LogP contribution in [0.15, 0.2) is 46.9 Å². The van der Waals surface area contributed by atoms with Gasteiger partial charge in [-0.15, -0.1) is 0 Å². The summed E-state index contributed by atoms with van der Waals surface area (Å²) in [5.74, 6) is 5.76. The van der Waals surface area contributed by atoms with Crippen LogP contribution >= 0.6 is 15.9 Å². The first-order chi connectivity index (χ1) is 8.63. The summed E-state index contributed by atoms with van der Waals surface area (Å²) in [5, 5.41) is 0. The van der Waals surface area contributed by atoms with Crippen LogP contribution in [-0.4, -0.2) is 0 Å². The molecule has 0 bridgehead atoms. The number of halogens is 1. The van der Waals surface area contributed by atoms with Crippen molar-refractivity contribution in [1.82, 2.24) is 5.43 Å². The van der Waals surface area contributed by atoms with Gasteiger partial charge < -0.3 is 0 Å². The van der Waals surface area contributed by atoms with Gasteiger partial charge in [0.15, 0.2) is 0 Å². The largest absolute Gasteiger partial charge is 0.271 e. The molecule has 0 aliphatic rings. The summed E-state index contributed by atoms with van der Waals surface area (Å²) in [6, 6.07) is 14.6. The van der Waals surface area contributed by atoms with Crippen LogP contribution in [0.3, 0.4) is 0 Å². The molecular weight excluding hydrogens is 288 g/mol. The molecule has 2 aromatic rings. The van der Waals surface area contributed by atoms with Gasteiger partial charge in [-0.1, -0.05) is 46.3 Å². The zero-order valence-corrected chi connectivity index (χ0v) is 12.2. The predicted molar refractivity (Wildman–Crippen MR) is 79.2 cm³/mol. The third-order valence-corrected chi connectivity index (χ3v) is 3.71. The van der Waals surface area contributed by atoms with Crippen molar-refractivity contribution in [3.63, 3.8) is 0 Å². The first-order valence-electron chi connectivity index (χ1n) is 5.91. The number of hydrazine groups is 1.